The monoisotopic (exact) mass is 470 g/mol. The molecule has 2 aliphatic rings. The van der Waals surface area contributed by atoms with Crippen molar-refractivity contribution in [2.75, 3.05) is 26.2 Å². The van der Waals surface area contributed by atoms with Gasteiger partial charge in [-0.3, -0.25) is 4.79 Å². The number of sulfonamides is 1. The first-order valence-electron chi connectivity index (χ1n) is 11.0. The van der Waals surface area contributed by atoms with Crippen molar-refractivity contribution >= 4 is 33.5 Å². The second-order valence-electron chi connectivity index (χ2n) is 8.48. The lowest BCUT2D eigenvalue weighted by Crippen LogP contribution is -2.45. The zero-order chi connectivity index (χ0) is 22.6. The van der Waals surface area contributed by atoms with Crippen LogP contribution in [0.2, 0.25) is 5.02 Å². The van der Waals surface area contributed by atoms with Gasteiger partial charge in [0.15, 0.2) is 6.61 Å². The molecule has 0 radical (unpaired) electrons. The topological polar surface area (TPSA) is 84.0 Å². The number of carbonyl (C=O) groups is 2. The number of halogens is 1. The largest absolute Gasteiger partial charge is 0.452 e. The molecule has 0 saturated carbocycles. The van der Waals surface area contributed by atoms with Gasteiger partial charge in [-0.15, -0.1) is 0 Å². The average molecular weight is 471 g/mol. The van der Waals surface area contributed by atoms with Crippen LogP contribution >= 0.6 is 11.6 Å². The Kier molecular flexibility index (Phi) is 7.99. The molecule has 3 rings (SSSR count). The molecule has 0 N–H and O–H groups in total. The lowest BCUT2D eigenvalue weighted by atomic mass is 10.00. The molecule has 1 aromatic rings. The standard InChI is InChI=1S/C22H31ClN2O5S/c1-3-18-8-4-5-12-25(18)21(26)15-30-22(27)17-9-10-19(23)20(13-17)31(28,29)24-11-6-7-16(2)14-24/h9-10,13,16,18H,3-8,11-12,14-15H2,1-2H3. The van der Waals surface area contributed by atoms with Crippen molar-refractivity contribution in [2.24, 2.45) is 5.92 Å². The van der Waals surface area contributed by atoms with Crippen LogP contribution in [0.3, 0.4) is 0 Å². The normalized spacial score (nSPS) is 22.9. The third kappa shape index (κ3) is 5.59. The highest BCUT2D eigenvalue weighted by Crippen LogP contribution is 2.29. The molecule has 1 aromatic carbocycles. The van der Waals surface area contributed by atoms with Crippen molar-refractivity contribution in [3.63, 3.8) is 0 Å². The number of benzene rings is 1. The molecular formula is C22H31ClN2O5S. The van der Waals surface area contributed by atoms with Crippen LogP contribution in [0.5, 0.6) is 0 Å². The quantitative estimate of drug-likeness (QED) is 0.592. The van der Waals surface area contributed by atoms with Gasteiger partial charge in [0.2, 0.25) is 10.0 Å². The summed E-state index contributed by atoms with van der Waals surface area (Å²) in [6.07, 6.45) is 5.65. The molecule has 1 amide bonds. The molecule has 0 aromatic heterocycles. The summed E-state index contributed by atoms with van der Waals surface area (Å²) in [7, 11) is -3.82. The van der Waals surface area contributed by atoms with Crippen LogP contribution in [0.25, 0.3) is 0 Å². The molecule has 2 aliphatic heterocycles. The van der Waals surface area contributed by atoms with Crippen molar-refractivity contribution in [1.82, 2.24) is 9.21 Å². The Hall–Kier alpha value is -1.64. The van der Waals surface area contributed by atoms with E-state index < -0.39 is 16.0 Å². The molecule has 0 spiro atoms. The maximum Gasteiger partial charge on any atom is 0.338 e. The van der Waals surface area contributed by atoms with E-state index in [0.717, 1.165) is 38.5 Å². The van der Waals surface area contributed by atoms with Crippen LogP contribution in [0.15, 0.2) is 23.1 Å². The Morgan fingerprint density at radius 1 is 1.16 bits per heavy atom. The maximum atomic E-state index is 13.1. The fourth-order valence-electron chi connectivity index (χ4n) is 4.38. The molecule has 9 heteroatoms. The van der Waals surface area contributed by atoms with E-state index in [1.165, 1.54) is 22.5 Å². The molecule has 2 unspecified atom stereocenters. The molecule has 172 valence electrons. The van der Waals surface area contributed by atoms with E-state index in [0.29, 0.717) is 19.6 Å². The van der Waals surface area contributed by atoms with Gasteiger partial charge in [-0.2, -0.15) is 4.31 Å². The van der Waals surface area contributed by atoms with Gasteiger partial charge in [-0.1, -0.05) is 25.4 Å². The number of nitrogens with zero attached hydrogens (tertiary/aromatic N) is 2. The predicted octanol–water partition coefficient (Wildman–Crippen LogP) is 3.71. The average Bonchev–Trinajstić information content (AvgIpc) is 2.77. The summed E-state index contributed by atoms with van der Waals surface area (Å²) in [5, 5.41) is 0.0601. The number of rotatable bonds is 6. The minimum absolute atomic E-state index is 0.0601. The van der Waals surface area contributed by atoms with Crippen LogP contribution in [0.1, 0.15) is 62.7 Å². The van der Waals surface area contributed by atoms with Crippen molar-refractivity contribution in [2.45, 2.75) is 63.3 Å². The molecule has 2 heterocycles. The van der Waals surface area contributed by atoms with Crippen molar-refractivity contribution in [3.05, 3.63) is 28.8 Å². The number of hydrogen-bond donors (Lipinski definition) is 0. The van der Waals surface area contributed by atoms with Crippen LogP contribution in [0, 0.1) is 5.92 Å². The van der Waals surface area contributed by atoms with Crippen molar-refractivity contribution < 1.29 is 22.7 Å². The van der Waals surface area contributed by atoms with E-state index in [9.17, 15) is 18.0 Å². The molecule has 2 saturated heterocycles. The minimum atomic E-state index is -3.82. The highest BCUT2D eigenvalue weighted by atomic mass is 35.5. The lowest BCUT2D eigenvalue weighted by molar-refractivity contribution is -0.138. The first kappa shape index (κ1) is 24.0. The number of carbonyl (C=O) groups excluding carboxylic acids is 2. The first-order chi connectivity index (χ1) is 14.7. The maximum absolute atomic E-state index is 13.1. The Bertz CT molecular complexity index is 920. The first-order valence-corrected chi connectivity index (χ1v) is 12.8. The fourth-order valence-corrected chi connectivity index (χ4v) is 6.48. The van der Waals surface area contributed by atoms with Crippen LogP contribution in [-0.4, -0.2) is 61.8 Å². The van der Waals surface area contributed by atoms with Gasteiger partial charge >= 0.3 is 5.97 Å². The molecule has 7 nitrogen and oxygen atoms in total. The third-order valence-electron chi connectivity index (χ3n) is 6.15. The van der Waals surface area contributed by atoms with E-state index in [2.05, 4.69) is 0 Å². The molecular weight excluding hydrogens is 440 g/mol. The van der Waals surface area contributed by atoms with Gasteiger partial charge in [0.05, 0.1) is 10.6 Å². The number of hydrogen-bond acceptors (Lipinski definition) is 5. The Morgan fingerprint density at radius 2 is 1.94 bits per heavy atom. The second kappa shape index (κ2) is 10.3. The zero-order valence-electron chi connectivity index (χ0n) is 18.2. The van der Waals surface area contributed by atoms with Gasteiger partial charge in [-0.05, 0) is 62.6 Å². The van der Waals surface area contributed by atoms with Crippen molar-refractivity contribution in [1.29, 1.82) is 0 Å². The highest BCUT2D eigenvalue weighted by Gasteiger charge is 2.31. The summed E-state index contributed by atoms with van der Waals surface area (Å²) < 4.78 is 32.8. The number of amides is 1. The molecule has 2 fully saturated rings. The van der Waals surface area contributed by atoms with E-state index >= 15 is 0 Å². The summed E-state index contributed by atoms with van der Waals surface area (Å²) in [5.41, 5.74) is 0.0616. The number of piperidine rings is 2. The minimum Gasteiger partial charge on any atom is -0.452 e. The van der Waals surface area contributed by atoms with E-state index in [1.807, 2.05) is 13.8 Å². The van der Waals surface area contributed by atoms with Crippen molar-refractivity contribution in [3.8, 4) is 0 Å². The van der Waals surface area contributed by atoms with Gasteiger partial charge in [-0.25, -0.2) is 13.2 Å². The zero-order valence-corrected chi connectivity index (χ0v) is 19.8. The van der Waals surface area contributed by atoms with Crippen LogP contribution < -0.4 is 0 Å². The second-order valence-corrected chi connectivity index (χ2v) is 10.8. The van der Waals surface area contributed by atoms with Gasteiger partial charge in [0.25, 0.3) is 5.91 Å². The Balaban J connectivity index is 1.70. The summed E-state index contributed by atoms with van der Waals surface area (Å²) >= 11 is 6.18. The highest BCUT2D eigenvalue weighted by molar-refractivity contribution is 7.89. The molecule has 2 atom stereocenters. The smallest absolute Gasteiger partial charge is 0.338 e. The SMILES string of the molecule is CCC1CCCCN1C(=O)COC(=O)c1ccc(Cl)c(S(=O)(=O)N2CCCC(C)C2)c1. The number of ether oxygens (including phenoxy) is 1. The van der Waals surface area contributed by atoms with E-state index in [4.69, 9.17) is 16.3 Å². The van der Waals surface area contributed by atoms with Gasteiger partial charge in [0.1, 0.15) is 4.90 Å². The number of likely N-dealkylation sites (tertiary alicyclic amines) is 1. The lowest BCUT2D eigenvalue weighted by Gasteiger charge is -2.35. The summed E-state index contributed by atoms with van der Waals surface area (Å²) in [6, 6.07) is 4.24. The van der Waals surface area contributed by atoms with Crippen LogP contribution in [-0.2, 0) is 19.6 Å². The van der Waals surface area contributed by atoms with E-state index in [-0.39, 0.29) is 40.0 Å². The molecule has 31 heavy (non-hydrogen) atoms. The Morgan fingerprint density at radius 3 is 2.65 bits per heavy atom. The summed E-state index contributed by atoms with van der Waals surface area (Å²) in [5.74, 6) is -0.689. The van der Waals surface area contributed by atoms with Gasteiger partial charge in [0, 0.05) is 25.7 Å². The third-order valence-corrected chi connectivity index (χ3v) is 8.50. The number of esters is 1. The molecule has 0 bridgehead atoms. The predicted molar refractivity (Wildman–Crippen MR) is 119 cm³/mol. The summed E-state index contributed by atoms with van der Waals surface area (Å²) in [4.78, 5) is 26.8. The fraction of sp³-hybridized carbons (Fsp3) is 0.636. The molecule has 0 aliphatic carbocycles. The van der Waals surface area contributed by atoms with E-state index in [1.54, 1.807) is 4.90 Å². The van der Waals surface area contributed by atoms with Gasteiger partial charge < -0.3 is 9.64 Å². The van der Waals surface area contributed by atoms with Crippen LogP contribution in [0.4, 0.5) is 0 Å². The summed E-state index contributed by atoms with van der Waals surface area (Å²) in [6.45, 7) is 5.23. The Labute approximate surface area is 189 Å².